The van der Waals surface area contributed by atoms with Gasteiger partial charge in [0.15, 0.2) is 6.23 Å². The first-order valence-corrected chi connectivity index (χ1v) is 13.7. The fourth-order valence-corrected chi connectivity index (χ4v) is 6.35. The number of benzene rings is 2. The van der Waals surface area contributed by atoms with Gasteiger partial charge in [-0.3, -0.25) is 4.79 Å². The number of carbonyl (C=O) groups is 1. The van der Waals surface area contributed by atoms with Gasteiger partial charge in [-0.25, -0.2) is 4.39 Å². The van der Waals surface area contributed by atoms with Gasteiger partial charge in [-0.1, -0.05) is 24.3 Å². The van der Waals surface area contributed by atoms with Gasteiger partial charge >= 0.3 is 0 Å². The van der Waals surface area contributed by atoms with Crippen molar-refractivity contribution in [3.63, 3.8) is 0 Å². The van der Waals surface area contributed by atoms with Crippen molar-refractivity contribution in [2.75, 3.05) is 31.5 Å². The van der Waals surface area contributed by atoms with Crippen LogP contribution in [0.1, 0.15) is 48.2 Å². The van der Waals surface area contributed by atoms with Gasteiger partial charge in [-0.05, 0) is 92.7 Å². The van der Waals surface area contributed by atoms with Crippen LogP contribution in [0.15, 0.2) is 48.5 Å². The van der Waals surface area contributed by atoms with Crippen molar-refractivity contribution in [1.29, 1.82) is 0 Å². The number of nitrogens with one attached hydrogen (secondary N) is 2. The SMILES string of the molecule is Cc1cc(CC(=O)N2CCC(N3CCCC3)CC2)c(/C=C2/c3c(cccc3-c3cccc(F)c3)NC2O)[nH]1. The summed E-state index contributed by atoms with van der Waals surface area (Å²) in [4.78, 5) is 21.3. The largest absolute Gasteiger partial charge is 0.369 e. The fraction of sp³-hybridized carbons (Fsp3) is 0.387. The highest BCUT2D eigenvalue weighted by atomic mass is 19.1. The predicted molar refractivity (Wildman–Crippen MR) is 149 cm³/mol. The molecule has 1 aromatic heterocycles. The third-order valence-electron chi connectivity index (χ3n) is 8.26. The highest BCUT2D eigenvalue weighted by Gasteiger charge is 2.30. The van der Waals surface area contributed by atoms with E-state index in [9.17, 15) is 14.3 Å². The number of aryl methyl sites for hydroxylation is 1. The molecule has 2 fully saturated rings. The number of fused-ring (bicyclic) bond motifs is 1. The lowest BCUT2D eigenvalue weighted by atomic mass is 9.93. The van der Waals surface area contributed by atoms with Gasteiger partial charge in [0.1, 0.15) is 5.82 Å². The third kappa shape index (κ3) is 4.88. The van der Waals surface area contributed by atoms with Crippen molar-refractivity contribution in [3.8, 4) is 11.1 Å². The van der Waals surface area contributed by atoms with Gasteiger partial charge < -0.3 is 25.2 Å². The minimum atomic E-state index is -0.906. The van der Waals surface area contributed by atoms with Crippen LogP contribution in [0.4, 0.5) is 10.1 Å². The van der Waals surface area contributed by atoms with E-state index in [-0.39, 0.29) is 11.7 Å². The number of hydrogen-bond donors (Lipinski definition) is 3. The number of hydrogen-bond acceptors (Lipinski definition) is 4. The molecule has 0 saturated carbocycles. The molecule has 3 aliphatic rings. The number of aromatic amines is 1. The van der Waals surface area contributed by atoms with Crippen LogP contribution in [-0.2, 0) is 11.2 Å². The molecule has 38 heavy (non-hydrogen) atoms. The van der Waals surface area contributed by atoms with Crippen LogP contribution in [0.5, 0.6) is 0 Å². The summed E-state index contributed by atoms with van der Waals surface area (Å²) in [5.41, 5.74) is 6.64. The number of rotatable bonds is 5. The van der Waals surface area contributed by atoms with Crippen LogP contribution >= 0.6 is 0 Å². The summed E-state index contributed by atoms with van der Waals surface area (Å²) < 4.78 is 14.0. The molecule has 6 rings (SSSR count). The van der Waals surface area contributed by atoms with Crippen LogP contribution in [-0.4, -0.2) is 64.2 Å². The molecule has 4 heterocycles. The van der Waals surface area contributed by atoms with Crippen LogP contribution in [0.3, 0.4) is 0 Å². The third-order valence-corrected chi connectivity index (χ3v) is 8.26. The summed E-state index contributed by atoms with van der Waals surface area (Å²) in [5.74, 6) is -0.156. The van der Waals surface area contributed by atoms with Gasteiger partial charge in [-0.15, -0.1) is 0 Å². The number of halogens is 1. The molecular weight excluding hydrogens is 479 g/mol. The highest BCUT2D eigenvalue weighted by Crippen LogP contribution is 2.42. The lowest BCUT2D eigenvalue weighted by Crippen LogP contribution is -2.46. The molecule has 3 N–H and O–H groups in total. The molecule has 6 nitrogen and oxygen atoms in total. The van der Waals surface area contributed by atoms with Crippen LogP contribution < -0.4 is 5.32 Å². The molecule has 7 heteroatoms. The van der Waals surface area contributed by atoms with Crippen molar-refractivity contribution in [1.82, 2.24) is 14.8 Å². The first-order valence-electron chi connectivity index (χ1n) is 13.7. The second-order valence-corrected chi connectivity index (χ2v) is 10.8. The Hall–Kier alpha value is -3.42. The average molecular weight is 515 g/mol. The van der Waals surface area contributed by atoms with Crippen LogP contribution in [0.2, 0.25) is 0 Å². The van der Waals surface area contributed by atoms with Crippen molar-refractivity contribution in [2.24, 2.45) is 0 Å². The first-order chi connectivity index (χ1) is 18.5. The van der Waals surface area contributed by atoms with E-state index in [0.717, 1.165) is 65.3 Å². The molecule has 0 bridgehead atoms. The number of amides is 1. The molecule has 0 spiro atoms. The summed E-state index contributed by atoms with van der Waals surface area (Å²) in [7, 11) is 0. The van der Waals surface area contributed by atoms with Gasteiger partial charge in [-0.2, -0.15) is 0 Å². The Morgan fingerprint density at radius 1 is 1.08 bits per heavy atom. The summed E-state index contributed by atoms with van der Waals surface area (Å²) in [6.45, 7) is 6.00. The number of likely N-dealkylation sites (tertiary alicyclic amines) is 2. The molecule has 2 aromatic carbocycles. The van der Waals surface area contributed by atoms with E-state index in [2.05, 4.69) is 15.2 Å². The number of aliphatic hydroxyl groups is 1. The Morgan fingerprint density at radius 3 is 2.61 bits per heavy atom. The number of anilines is 1. The maximum atomic E-state index is 14.0. The van der Waals surface area contributed by atoms with Gasteiger partial charge in [0.2, 0.25) is 5.91 Å². The molecule has 1 unspecified atom stereocenters. The second kappa shape index (κ2) is 10.4. The van der Waals surface area contributed by atoms with E-state index in [0.29, 0.717) is 18.0 Å². The van der Waals surface area contributed by atoms with E-state index in [1.165, 1.54) is 38.1 Å². The molecule has 0 aliphatic carbocycles. The van der Waals surface area contributed by atoms with E-state index < -0.39 is 6.23 Å². The minimum Gasteiger partial charge on any atom is -0.369 e. The van der Waals surface area contributed by atoms with Crippen molar-refractivity contribution in [2.45, 2.75) is 51.3 Å². The van der Waals surface area contributed by atoms with E-state index in [1.807, 2.05) is 48.2 Å². The van der Waals surface area contributed by atoms with Crippen LogP contribution in [0.25, 0.3) is 22.8 Å². The Morgan fingerprint density at radius 2 is 1.84 bits per heavy atom. The minimum absolute atomic E-state index is 0.148. The lowest BCUT2D eigenvalue weighted by molar-refractivity contribution is -0.132. The molecule has 3 aromatic rings. The van der Waals surface area contributed by atoms with Crippen molar-refractivity contribution >= 4 is 23.2 Å². The number of nitrogens with zero attached hydrogens (tertiary/aromatic N) is 2. The van der Waals surface area contributed by atoms with Crippen molar-refractivity contribution in [3.05, 3.63) is 76.9 Å². The molecule has 2 saturated heterocycles. The topological polar surface area (TPSA) is 71.6 Å². The quantitative estimate of drug-likeness (QED) is 0.446. The number of H-pyrrole nitrogens is 1. The fourth-order valence-electron chi connectivity index (χ4n) is 6.35. The maximum absolute atomic E-state index is 14.0. The van der Waals surface area contributed by atoms with E-state index in [1.54, 1.807) is 6.07 Å². The maximum Gasteiger partial charge on any atom is 0.227 e. The first kappa shape index (κ1) is 24.9. The molecule has 0 radical (unpaired) electrons. The van der Waals surface area contributed by atoms with Crippen molar-refractivity contribution < 1.29 is 14.3 Å². The standard InChI is InChI=1S/C31H35FN4O2/c1-20-16-22(18-29(37)36-14-10-24(11-15-36)35-12-2-3-13-35)28(33-20)19-26-30-25(21-6-4-7-23(32)17-21)8-5-9-27(30)34-31(26)38/h4-9,16-17,19,24,31,33-34,38H,2-3,10-15,18H2,1H3/b26-19-. The van der Waals surface area contributed by atoms with Crippen LogP contribution in [0, 0.1) is 12.7 Å². The molecule has 1 amide bonds. The normalized spacial score (nSPS) is 21.2. The van der Waals surface area contributed by atoms with Gasteiger partial charge in [0.25, 0.3) is 0 Å². The highest BCUT2D eigenvalue weighted by molar-refractivity contribution is 6.00. The zero-order valence-electron chi connectivity index (χ0n) is 21.8. The summed E-state index contributed by atoms with van der Waals surface area (Å²) in [6.07, 6.45) is 6.03. The van der Waals surface area contributed by atoms with Gasteiger partial charge in [0, 0.05) is 47.3 Å². The number of carbonyl (C=O) groups excluding carboxylic acids is 1. The second-order valence-electron chi connectivity index (χ2n) is 10.8. The molecule has 3 aliphatic heterocycles. The Bertz CT molecular complexity index is 1370. The summed E-state index contributed by atoms with van der Waals surface area (Å²) in [6, 6.07) is 14.9. The molecule has 198 valence electrons. The Balaban J connectivity index is 1.24. The molecule has 1 atom stereocenters. The van der Waals surface area contributed by atoms with E-state index >= 15 is 0 Å². The number of aliphatic hydroxyl groups excluding tert-OH is 1. The number of aromatic nitrogens is 1. The zero-order chi connectivity index (χ0) is 26.2. The monoisotopic (exact) mass is 514 g/mol. The number of piperidine rings is 1. The Labute approximate surface area is 223 Å². The zero-order valence-corrected chi connectivity index (χ0v) is 21.8. The lowest BCUT2D eigenvalue weighted by Gasteiger charge is -2.36. The smallest absolute Gasteiger partial charge is 0.227 e. The summed E-state index contributed by atoms with van der Waals surface area (Å²) >= 11 is 0. The van der Waals surface area contributed by atoms with Gasteiger partial charge in [0.05, 0.1) is 6.42 Å². The Kier molecular flexibility index (Phi) is 6.80. The summed E-state index contributed by atoms with van der Waals surface area (Å²) in [5, 5.41) is 14.1. The average Bonchev–Trinajstić information content (AvgIpc) is 3.64. The molecular formula is C31H35FN4O2. The van der Waals surface area contributed by atoms with E-state index in [4.69, 9.17) is 0 Å². The predicted octanol–water partition coefficient (Wildman–Crippen LogP) is 5.04.